The van der Waals surface area contributed by atoms with E-state index in [1.807, 2.05) is 36.1 Å². The lowest BCUT2D eigenvalue weighted by molar-refractivity contribution is -0.131. The Morgan fingerprint density at radius 3 is 2.41 bits per heavy atom. The van der Waals surface area contributed by atoms with Crippen LogP contribution in [0.4, 0.5) is 0 Å². The number of piperidine rings is 1. The summed E-state index contributed by atoms with van der Waals surface area (Å²) in [6, 6.07) is 7.86. The van der Waals surface area contributed by atoms with Crippen LogP contribution in [0, 0.1) is 11.8 Å². The number of carbonyl (C=O) groups excluding carboxylic acids is 1. The van der Waals surface area contributed by atoms with E-state index in [-0.39, 0.29) is 11.2 Å². The van der Waals surface area contributed by atoms with Gasteiger partial charge in [-0.1, -0.05) is 32.5 Å². The van der Waals surface area contributed by atoms with Gasteiger partial charge in [-0.05, 0) is 55.9 Å². The van der Waals surface area contributed by atoms with E-state index in [4.69, 9.17) is 4.74 Å². The van der Waals surface area contributed by atoms with E-state index in [0.717, 1.165) is 54.8 Å². The summed E-state index contributed by atoms with van der Waals surface area (Å²) in [5.41, 5.74) is 0.995. The van der Waals surface area contributed by atoms with Crippen molar-refractivity contribution in [2.45, 2.75) is 57.5 Å². The van der Waals surface area contributed by atoms with Crippen LogP contribution in [0.5, 0.6) is 5.75 Å². The molecule has 1 amide bonds. The average Bonchev–Trinajstić information content (AvgIpc) is 3.09. The number of nitrogens with zero attached hydrogens (tertiary/aromatic N) is 4. The maximum Gasteiger partial charge on any atom is 0.235 e. The SMILES string of the molecule is COc1ccc(-c2nnc(S[C@H](C)C(=O)N3CCC(C)CC3)n2CC(C)C)cc1. The molecule has 1 saturated heterocycles. The second-order valence-corrected chi connectivity index (χ2v) is 9.61. The number of likely N-dealkylation sites (tertiary alicyclic amines) is 1. The fraction of sp³-hybridized carbons (Fsp3) is 0.591. The van der Waals surface area contributed by atoms with Crippen molar-refractivity contribution in [1.29, 1.82) is 0 Å². The van der Waals surface area contributed by atoms with Crippen molar-refractivity contribution < 1.29 is 9.53 Å². The van der Waals surface area contributed by atoms with Crippen molar-refractivity contribution in [2.24, 2.45) is 11.8 Å². The van der Waals surface area contributed by atoms with E-state index in [0.29, 0.717) is 11.8 Å². The third-order valence-corrected chi connectivity index (χ3v) is 6.41. The van der Waals surface area contributed by atoms with E-state index in [9.17, 15) is 4.79 Å². The number of amides is 1. The van der Waals surface area contributed by atoms with Crippen LogP contribution in [0.25, 0.3) is 11.4 Å². The van der Waals surface area contributed by atoms with Gasteiger partial charge in [0, 0.05) is 25.2 Å². The van der Waals surface area contributed by atoms with E-state index in [1.165, 1.54) is 11.8 Å². The number of aromatic nitrogens is 3. The normalized spacial score (nSPS) is 16.3. The molecule has 2 aromatic rings. The monoisotopic (exact) mass is 416 g/mol. The zero-order chi connectivity index (χ0) is 21.0. The minimum Gasteiger partial charge on any atom is -0.497 e. The molecule has 1 aromatic carbocycles. The fourth-order valence-corrected chi connectivity index (χ4v) is 4.50. The fourth-order valence-electron chi connectivity index (χ4n) is 3.55. The Morgan fingerprint density at radius 2 is 1.83 bits per heavy atom. The summed E-state index contributed by atoms with van der Waals surface area (Å²) in [6.45, 7) is 11.1. The quantitative estimate of drug-likeness (QED) is 0.628. The molecule has 1 atom stereocenters. The first-order valence-corrected chi connectivity index (χ1v) is 11.3. The molecule has 2 heterocycles. The van der Waals surface area contributed by atoms with Crippen LogP contribution in [0.1, 0.15) is 40.5 Å². The summed E-state index contributed by atoms with van der Waals surface area (Å²) in [5, 5.41) is 9.52. The summed E-state index contributed by atoms with van der Waals surface area (Å²) in [4.78, 5) is 14.9. The summed E-state index contributed by atoms with van der Waals surface area (Å²) < 4.78 is 7.40. The molecule has 0 radical (unpaired) electrons. The predicted molar refractivity (Wildman–Crippen MR) is 117 cm³/mol. The first-order chi connectivity index (χ1) is 13.9. The van der Waals surface area contributed by atoms with Gasteiger partial charge in [0.25, 0.3) is 0 Å². The molecular formula is C22H32N4O2S. The van der Waals surface area contributed by atoms with Crippen LogP contribution < -0.4 is 4.74 Å². The third-order valence-electron chi connectivity index (χ3n) is 5.34. The van der Waals surface area contributed by atoms with Crippen LogP contribution in [0.3, 0.4) is 0 Å². The molecule has 0 spiro atoms. The lowest BCUT2D eigenvalue weighted by Gasteiger charge is -2.32. The molecule has 1 fully saturated rings. The molecule has 158 valence electrons. The maximum absolute atomic E-state index is 12.9. The second kappa shape index (κ2) is 9.65. The van der Waals surface area contributed by atoms with Gasteiger partial charge in [-0.15, -0.1) is 10.2 Å². The lowest BCUT2D eigenvalue weighted by atomic mass is 9.99. The van der Waals surface area contributed by atoms with Crippen molar-refractivity contribution in [3.63, 3.8) is 0 Å². The molecule has 29 heavy (non-hydrogen) atoms. The van der Waals surface area contributed by atoms with Crippen molar-refractivity contribution >= 4 is 17.7 Å². The number of thioether (sulfide) groups is 1. The summed E-state index contributed by atoms with van der Waals surface area (Å²) >= 11 is 1.51. The summed E-state index contributed by atoms with van der Waals surface area (Å²) in [5.74, 6) is 3.00. The van der Waals surface area contributed by atoms with Crippen LogP contribution in [0.2, 0.25) is 0 Å². The Balaban J connectivity index is 1.79. The zero-order valence-corrected chi connectivity index (χ0v) is 18.9. The Bertz CT molecular complexity index is 811. The Labute approximate surface area is 178 Å². The number of hydrogen-bond donors (Lipinski definition) is 0. The minimum absolute atomic E-state index is 0.178. The third kappa shape index (κ3) is 5.32. The Morgan fingerprint density at radius 1 is 1.17 bits per heavy atom. The maximum atomic E-state index is 12.9. The molecule has 0 saturated carbocycles. The Kier molecular flexibility index (Phi) is 7.22. The van der Waals surface area contributed by atoms with Crippen LogP contribution >= 0.6 is 11.8 Å². The molecule has 6 nitrogen and oxygen atoms in total. The topological polar surface area (TPSA) is 60.3 Å². The van der Waals surface area contributed by atoms with Crippen LogP contribution in [-0.2, 0) is 11.3 Å². The van der Waals surface area contributed by atoms with Gasteiger partial charge in [-0.3, -0.25) is 4.79 Å². The highest BCUT2D eigenvalue weighted by molar-refractivity contribution is 8.00. The lowest BCUT2D eigenvalue weighted by Crippen LogP contribution is -2.41. The zero-order valence-electron chi connectivity index (χ0n) is 18.1. The molecule has 0 N–H and O–H groups in total. The Hall–Kier alpha value is -2.02. The number of hydrogen-bond acceptors (Lipinski definition) is 5. The average molecular weight is 417 g/mol. The first-order valence-electron chi connectivity index (χ1n) is 10.4. The van der Waals surface area contributed by atoms with Gasteiger partial charge in [-0.2, -0.15) is 0 Å². The van der Waals surface area contributed by atoms with Crippen LogP contribution in [-0.4, -0.2) is 51.0 Å². The molecule has 1 aliphatic heterocycles. The molecule has 0 bridgehead atoms. The molecule has 0 aliphatic carbocycles. The van der Waals surface area contributed by atoms with Gasteiger partial charge >= 0.3 is 0 Å². The highest BCUT2D eigenvalue weighted by atomic mass is 32.2. The van der Waals surface area contributed by atoms with Gasteiger partial charge in [0.2, 0.25) is 5.91 Å². The molecule has 7 heteroatoms. The highest BCUT2D eigenvalue weighted by Crippen LogP contribution is 2.30. The van der Waals surface area contributed by atoms with Gasteiger partial charge in [-0.25, -0.2) is 0 Å². The molecule has 1 aliphatic rings. The van der Waals surface area contributed by atoms with Crippen molar-refractivity contribution in [2.75, 3.05) is 20.2 Å². The van der Waals surface area contributed by atoms with Gasteiger partial charge in [0.1, 0.15) is 5.75 Å². The molecule has 1 aromatic heterocycles. The predicted octanol–water partition coefficient (Wildman–Crippen LogP) is 4.35. The summed E-state index contributed by atoms with van der Waals surface area (Å²) in [6.07, 6.45) is 2.18. The van der Waals surface area contributed by atoms with Crippen molar-refractivity contribution in [1.82, 2.24) is 19.7 Å². The first kappa shape index (κ1) is 21.7. The highest BCUT2D eigenvalue weighted by Gasteiger charge is 2.27. The minimum atomic E-state index is -0.178. The van der Waals surface area contributed by atoms with Gasteiger partial charge in [0.15, 0.2) is 11.0 Å². The van der Waals surface area contributed by atoms with Crippen molar-refractivity contribution in [3.8, 4) is 17.1 Å². The van der Waals surface area contributed by atoms with E-state index in [1.54, 1.807) is 7.11 Å². The number of methoxy groups -OCH3 is 1. The number of ether oxygens (including phenoxy) is 1. The molecule has 0 unspecified atom stereocenters. The standard InChI is InChI=1S/C22H32N4O2S/c1-15(2)14-26-20(18-6-8-19(28-5)9-7-18)23-24-22(26)29-17(4)21(27)25-12-10-16(3)11-13-25/h6-9,15-17H,10-14H2,1-5H3/t17-/m1/s1. The van der Waals surface area contributed by atoms with E-state index < -0.39 is 0 Å². The largest absolute Gasteiger partial charge is 0.497 e. The van der Waals surface area contributed by atoms with Gasteiger partial charge < -0.3 is 14.2 Å². The number of benzene rings is 1. The molecule has 3 rings (SSSR count). The molecular weight excluding hydrogens is 384 g/mol. The van der Waals surface area contributed by atoms with Gasteiger partial charge in [0.05, 0.1) is 12.4 Å². The smallest absolute Gasteiger partial charge is 0.235 e. The number of rotatable bonds is 7. The van der Waals surface area contributed by atoms with Crippen molar-refractivity contribution in [3.05, 3.63) is 24.3 Å². The summed E-state index contributed by atoms with van der Waals surface area (Å²) in [7, 11) is 1.66. The van der Waals surface area contributed by atoms with E-state index in [2.05, 4.69) is 35.5 Å². The second-order valence-electron chi connectivity index (χ2n) is 8.31. The number of carbonyl (C=O) groups is 1. The van der Waals surface area contributed by atoms with E-state index >= 15 is 0 Å². The van der Waals surface area contributed by atoms with Crippen LogP contribution in [0.15, 0.2) is 29.4 Å².